The van der Waals surface area contributed by atoms with Gasteiger partial charge in [-0.25, -0.2) is 0 Å². The van der Waals surface area contributed by atoms with Gasteiger partial charge in [0.15, 0.2) is 12.6 Å². The van der Waals surface area contributed by atoms with Gasteiger partial charge >= 0.3 is 11.9 Å². The standard InChI is InChI=1S/C34H58O8/c1-6-7-20-34(4,5)31(42-33-17-11-14-23-39-33)19-18-28-27(15-9-8-12-21-37-25(2)35)29(40-26(3)36)24-30(28)41-32-16-10-13-22-38-32/h18-19,27-33H,6-17,20-24H2,1-5H3/b19-18+/t27?,28?,29?,30?,31-,32?,33?/m0/s1. The maximum absolute atomic E-state index is 12.2. The van der Waals surface area contributed by atoms with Gasteiger partial charge in [0.05, 0.1) is 18.8 Å². The number of esters is 2. The molecule has 0 N–H and O–H groups in total. The van der Waals surface area contributed by atoms with Crippen LogP contribution in [0.2, 0.25) is 0 Å². The quantitative estimate of drug-likeness (QED) is 0.0986. The van der Waals surface area contributed by atoms with Crippen LogP contribution >= 0.6 is 0 Å². The second-order valence-electron chi connectivity index (χ2n) is 13.1. The van der Waals surface area contributed by atoms with Gasteiger partial charge in [0.25, 0.3) is 0 Å². The lowest BCUT2D eigenvalue weighted by Gasteiger charge is -2.37. The van der Waals surface area contributed by atoms with Gasteiger partial charge in [0, 0.05) is 45.3 Å². The molecule has 7 atom stereocenters. The number of hydrogen-bond acceptors (Lipinski definition) is 8. The summed E-state index contributed by atoms with van der Waals surface area (Å²) in [6, 6.07) is 0. The molecule has 2 aliphatic heterocycles. The number of unbranched alkanes of at least 4 members (excludes halogenated alkanes) is 3. The summed E-state index contributed by atoms with van der Waals surface area (Å²) in [6.45, 7) is 11.7. The van der Waals surface area contributed by atoms with Gasteiger partial charge < -0.3 is 28.4 Å². The first-order valence-corrected chi connectivity index (χ1v) is 16.7. The van der Waals surface area contributed by atoms with Crippen molar-refractivity contribution < 1.29 is 38.0 Å². The Morgan fingerprint density at radius 1 is 0.905 bits per heavy atom. The topological polar surface area (TPSA) is 89.5 Å². The third-order valence-corrected chi connectivity index (χ3v) is 9.02. The molecule has 1 saturated carbocycles. The molecule has 0 amide bonds. The Balaban J connectivity index is 1.81. The molecule has 6 unspecified atom stereocenters. The highest BCUT2D eigenvalue weighted by Gasteiger charge is 2.45. The first-order valence-electron chi connectivity index (χ1n) is 16.7. The van der Waals surface area contributed by atoms with Crippen LogP contribution in [0.15, 0.2) is 12.2 Å². The number of rotatable bonds is 17. The van der Waals surface area contributed by atoms with E-state index in [4.69, 9.17) is 28.4 Å². The van der Waals surface area contributed by atoms with Gasteiger partial charge in [-0.05, 0) is 63.2 Å². The third-order valence-electron chi connectivity index (χ3n) is 9.02. The lowest BCUT2D eigenvalue weighted by Crippen LogP contribution is -2.37. The van der Waals surface area contributed by atoms with Crippen LogP contribution in [0.25, 0.3) is 0 Å². The van der Waals surface area contributed by atoms with Gasteiger partial charge in [0.2, 0.25) is 0 Å². The van der Waals surface area contributed by atoms with Gasteiger partial charge in [-0.3, -0.25) is 9.59 Å². The molecule has 3 fully saturated rings. The molecule has 0 aromatic rings. The Labute approximate surface area is 254 Å². The lowest BCUT2D eigenvalue weighted by atomic mass is 9.80. The number of hydrogen-bond donors (Lipinski definition) is 0. The van der Waals surface area contributed by atoms with E-state index in [2.05, 4.69) is 32.9 Å². The zero-order valence-corrected chi connectivity index (χ0v) is 27.0. The smallest absolute Gasteiger partial charge is 0.302 e. The Hall–Kier alpha value is -1.48. The molecule has 2 saturated heterocycles. The predicted molar refractivity (Wildman–Crippen MR) is 162 cm³/mol. The maximum atomic E-state index is 12.2. The van der Waals surface area contributed by atoms with Crippen molar-refractivity contribution in [2.45, 2.75) is 155 Å². The van der Waals surface area contributed by atoms with Crippen LogP contribution in [-0.2, 0) is 38.0 Å². The summed E-state index contributed by atoms with van der Waals surface area (Å²) in [6.07, 6.45) is 17.5. The van der Waals surface area contributed by atoms with Crippen molar-refractivity contribution in [2.75, 3.05) is 19.8 Å². The Morgan fingerprint density at radius 3 is 2.24 bits per heavy atom. The minimum absolute atomic E-state index is 0.0593. The van der Waals surface area contributed by atoms with E-state index >= 15 is 0 Å². The van der Waals surface area contributed by atoms with Crippen LogP contribution in [0, 0.1) is 17.3 Å². The van der Waals surface area contributed by atoms with Crippen LogP contribution in [0.3, 0.4) is 0 Å². The molecule has 0 aromatic carbocycles. The molecule has 3 rings (SSSR count). The minimum Gasteiger partial charge on any atom is -0.466 e. The predicted octanol–water partition coefficient (Wildman–Crippen LogP) is 7.27. The molecule has 0 spiro atoms. The number of ether oxygens (including phenoxy) is 6. The Morgan fingerprint density at radius 2 is 1.62 bits per heavy atom. The molecule has 0 bridgehead atoms. The van der Waals surface area contributed by atoms with E-state index in [1.807, 2.05) is 0 Å². The van der Waals surface area contributed by atoms with E-state index in [1.165, 1.54) is 13.8 Å². The molecule has 242 valence electrons. The van der Waals surface area contributed by atoms with Crippen molar-refractivity contribution in [3.63, 3.8) is 0 Å². The Kier molecular flexibility index (Phi) is 15.3. The summed E-state index contributed by atoms with van der Waals surface area (Å²) in [5.74, 6) is -0.312. The summed E-state index contributed by atoms with van der Waals surface area (Å²) < 4.78 is 36.3. The van der Waals surface area contributed by atoms with E-state index in [-0.39, 0.29) is 60.1 Å². The molecule has 0 radical (unpaired) electrons. The molecular formula is C34H58O8. The van der Waals surface area contributed by atoms with Crippen molar-refractivity contribution in [1.82, 2.24) is 0 Å². The van der Waals surface area contributed by atoms with Crippen LogP contribution in [0.1, 0.15) is 125 Å². The fourth-order valence-corrected chi connectivity index (χ4v) is 6.59. The molecule has 8 heteroatoms. The monoisotopic (exact) mass is 594 g/mol. The Bertz CT molecular complexity index is 814. The minimum atomic E-state index is -0.256. The van der Waals surface area contributed by atoms with E-state index < -0.39 is 0 Å². The lowest BCUT2D eigenvalue weighted by molar-refractivity contribution is -0.198. The average molecular weight is 595 g/mol. The largest absolute Gasteiger partial charge is 0.466 e. The fraction of sp³-hybridized carbons (Fsp3) is 0.882. The van der Waals surface area contributed by atoms with E-state index in [1.54, 1.807) is 0 Å². The SMILES string of the molecule is CCCCC(C)(C)[C@H](/C=C/C1C(OC2CCCCO2)CC(OC(C)=O)C1CCCCCOC(C)=O)OC1CCCCO1. The van der Waals surface area contributed by atoms with E-state index in [0.717, 1.165) is 96.7 Å². The normalized spacial score (nSPS) is 29.5. The molecule has 1 aliphatic carbocycles. The van der Waals surface area contributed by atoms with Crippen molar-refractivity contribution >= 4 is 11.9 Å². The first-order chi connectivity index (χ1) is 20.2. The zero-order valence-electron chi connectivity index (χ0n) is 27.0. The molecule has 3 aliphatic rings. The summed E-state index contributed by atoms with van der Waals surface area (Å²) >= 11 is 0. The highest BCUT2D eigenvalue weighted by atomic mass is 16.7. The van der Waals surface area contributed by atoms with E-state index in [9.17, 15) is 9.59 Å². The van der Waals surface area contributed by atoms with Crippen LogP contribution in [-0.4, -0.2) is 62.7 Å². The third kappa shape index (κ3) is 11.9. The molecular weight excluding hydrogens is 536 g/mol. The van der Waals surface area contributed by atoms with Gasteiger partial charge in [-0.15, -0.1) is 0 Å². The van der Waals surface area contributed by atoms with Crippen molar-refractivity contribution in [3.05, 3.63) is 12.2 Å². The maximum Gasteiger partial charge on any atom is 0.302 e. The summed E-state index contributed by atoms with van der Waals surface area (Å²) in [5.41, 5.74) is -0.0593. The first kappa shape index (κ1) is 35.0. The van der Waals surface area contributed by atoms with Crippen molar-refractivity contribution in [2.24, 2.45) is 17.3 Å². The molecule has 2 heterocycles. The number of carbonyl (C=O) groups is 2. The second-order valence-corrected chi connectivity index (χ2v) is 13.1. The highest BCUT2D eigenvalue weighted by Crippen LogP contribution is 2.43. The van der Waals surface area contributed by atoms with Crippen molar-refractivity contribution in [1.29, 1.82) is 0 Å². The zero-order chi connectivity index (χ0) is 30.4. The fourth-order valence-electron chi connectivity index (χ4n) is 6.59. The van der Waals surface area contributed by atoms with Gasteiger partial charge in [-0.2, -0.15) is 0 Å². The van der Waals surface area contributed by atoms with Crippen LogP contribution in [0.5, 0.6) is 0 Å². The molecule has 0 aromatic heterocycles. The average Bonchev–Trinajstić information content (AvgIpc) is 3.26. The summed E-state index contributed by atoms with van der Waals surface area (Å²) in [7, 11) is 0. The second kappa shape index (κ2) is 18.4. The van der Waals surface area contributed by atoms with Crippen LogP contribution < -0.4 is 0 Å². The van der Waals surface area contributed by atoms with Gasteiger partial charge in [-0.1, -0.05) is 58.6 Å². The van der Waals surface area contributed by atoms with E-state index in [0.29, 0.717) is 13.0 Å². The highest BCUT2D eigenvalue weighted by molar-refractivity contribution is 5.66. The summed E-state index contributed by atoms with van der Waals surface area (Å²) in [5, 5.41) is 0. The summed E-state index contributed by atoms with van der Waals surface area (Å²) in [4.78, 5) is 23.3. The molecule has 8 nitrogen and oxygen atoms in total. The van der Waals surface area contributed by atoms with Crippen molar-refractivity contribution in [3.8, 4) is 0 Å². The number of carbonyl (C=O) groups excluding carboxylic acids is 2. The molecule has 42 heavy (non-hydrogen) atoms. The van der Waals surface area contributed by atoms with Crippen LogP contribution in [0.4, 0.5) is 0 Å². The van der Waals surface area contributed by atoms with Gasteiger partial charge in [0.1, 0.15) is 6.10 Å².